The minimum atomic E-state index is -0.527. The predicted molar refractivity (Wildman–Crippen MR) is 96.1 cm³/mol. The first-order valence-corrected chi connectivity index (χ1v) is 8.64. The van der Waals surface area contributed by atoms with Gasteiger partial charge in [-0.15, -0.1) is 24.2 Å². The van der Waals surface area contributed by atoms with Gasteiger partial charge < -0.3 is 15.8 Å². The molecule has 2 unspecified atom stereocenters. The molecule has 0 radical (unpaired) electrons. The van der Waals surface area contributed by atoms with Crippen molar-refractivity contribution in [3.05, 3.63) is 24.3 Å². The van der Waals surface area contributed by atoms with E-state index >= 15 is 0 Å². The van der Waals surface area contributed by atoms with E-state index in [1.807, 2.05) is 30.5 Å². The zero-order chi connectivity index (χ0) is 15.7. The third-order valence-electron chi connectivity index (χ3n) is 3.28. The molecule has 2 atom stereocenters. The Morgan fingerprint density at radius 2 is 2.00 bits per heavy atom. The lowest BCUT2D eigenvalue weighted by Gasteiger charge is -2.20. The van der Waals surface area contributed by atoms with Gasteiger partial charge in [0.25, 0.3) is 5.91 Å². The van der Waals surface area contributed by atoms with Crippen molar-refractivity contribution in [3.63, 3.8) is 0 Å². The lowest BCUT2D eigenvalue weighted by atomic mass is 10.1. The van der Waals surface area contributed by atoms with Gasteiger partial charge in [-0.2, -0.15) is 0 Å². The normalized spacial score (nSPS) is 12.9. The van der Waals surface area contributed by atoms with Crippen molar-refractivity contribution >= 4 is 30.1 Å². The number of amides is 1. The number of benzene rings is 1. The zero-order valence-corrected chi connectivity index (χ0v) is 15.1. The smallest absolute Gasteiger partial charge is 0.261 e. The van der Waals surface area contributed by atoms with Crippen molar-refractivity contribution in [2.45, 2.75) is 50.2 Å². The molecule has 0 aliphatic heterocycles. The molecule has 1 rings (SSSR count). The van der Waals surface area contributed by atoms with Gasteiger partial charge in [-0.3, -0.25) is 4.79 Å². The van der Waals surface area contributed by atoms with E-state index in [1.165, 1.54) is 4.90 Å². The van der Waals surface area contributed by atoms with Crippen LogP contribution in [-0.2, 0) is 4.79 Å². The van der Waals surface area contributed by atoms with Gasteiger partial charge in [0, 0.05) is 17.5 Å². The fourth-order valence-electron chi connectivity index (χ4n) is 1.93. The van der Waals surface area contributed by atoms with E-state index < -0.39 is 6.10 Å². The highest BCUT2D eigenvalue weighted by Gasteiger charge is 2.18. The highest BCUT2D eigenvalue weighted by molar-refractivity contribution is 7.98. The van der Waals surface area contributed by atoms with Crippen molar-refractivity contribution in [2.24, 2.45) is 5.73 Å². The van der Waals surface area contributed by atoms with E-state index in [0.717, 1.165) is 19.3 Å². The van der Waals surface area contributed by atoms with Crippen LogP contribution in [0, 0.1) is 0 Å². The summed E-state index contributed by atoms with van der Waals surface area (Å²) in [7, 11) is 0. The molecule has 0 bridgehead atoms. The number of halogens is 1. The van der Waals surface area contributed by atoms with Crippen LogP contribution in [0.4, 0.5) is 0 Å². The Labute approximate surface area is 144 Å². The maximum absolute atomic E-state index is 12.1. The van der Waals surface area contributed by atoms with Crippen molar-refractivity contribution in [1.29, 1.82) is 0 Å². The molecule has 4 nitrogen and oxygen atoms in total. The van der Waals surface area contributed by atoms with Gasteiger partial charge in [0.15, 0.2) is 6.10 Å². The first-order valence-electron chi connectivity index (χ1n) is 7.41. The van der Waals surface area contributed by atoms with Crippen LogP contribution in [0.1, 0.15) is 33.1 Å². The molecule has 0 aromatic heterocycles. The number of nitrogens with one attached hydrogen (secondary N) is 1. The average Bonchev–Trinajstić information content (AvgIpc) is 2.51. The molecular formula is C16H27ClN2O2S. The highest BCUT2D eigenvalue weighted by atomic mass is 35.5. The molecular weight excluding hydrogens is 320 g/mol. The lowest BCUT2D eigenvalue weighted by Crippen LogP contribution is -2.45. The van der Waals surface area contributed by atoms with E-state index in [0.29, 0.717) is 12.3 Å². The fourth-order valence-corrected chi connectivity index (χ4v) is 2.34. The standard InChI is InChI=1S/C16H26N2O2S.ClH/c1-4-5-6-13(11-17)18-16(19)12(2)20-14-7-9-15(21-3)10-8-14;/h7-10,12-13H,4-6,11,17H2,1-3H3,(H,18,19);1H. The summed E-state index contributed by atoms with van der Waals surface area (Å²) in [5.41, 5.74) is 5.69. The highest BCUT2D eigenvalue weighted by Crippen LogP contribution is 2.19. The van der Waals surface area contributed by atoms with Crippen LogP contribution < -0.4 is 15.8 Å². The summed E-state index contributed by atoms with van der Waals surface area (Å²) in [4.78, 5) is 13.3. The summed E-state index contributed by atoms with van der Waals surface area (Å²) in [5.74, 6) is 0.587. The van der Waals surface area contributed by atoms with E-state index in [4.69, 9.17) is 10.5 Å². The second-order valence-corrected chi connectivity index (χ2v) is 5.90. The van der Waals surface area contributed by atoms with E-state index in [1.54, 1.807) is 18.7 Å². The largest absolute Gasteiger partial charge is 0.481 e. The summed E-state index contributed by atoms with van der Waals surface area (Å²) in [6.07, 6.45) is 4.57. The number of carbonyl (C=O) groups is 1. The number of hydrogen-bond acceptors (Lipinski definition) is 4. The van der Waals surface area contributed by atoms with Crippen LogP contribution in [0.15, 0.2) is 29.2 Å². The molecule has 1 amide bonds. The minimum Gasteiger partial charge on any atom is -0.481 e. The second kappa shape index (κ2) is 11.6. The van der Waals surface area contributed by atoms with Gasteiger partial charge >= 0.3 is 0 Å². The molecule has 0 aliphatic carbocycles. The van der Waals surface area contributed by atoms with Gasteiger partial charge in [0.2, 0.25) is 0 Å². The van der Waals surface area contributed by atoms with Gasteiger partial charge in [0.1, 0.15) is 5.75 Å². The predicted octanol–water partition coefficient (Wildman–Crippen LogP) is 3.23. The van der Waals surface area contributed by atoms with E-state index in [9.17, 15) is 4.79 Å². The molecule has 1 aromatic carbocycles. The molecule has 22 heavy (non-hydrogen) atoms. The van der Waals surface area contributed by atoms with Gasteiger partial charge in [-0.25, -0.2) is 0 Å². The second-order valence-electron chi connectivity index (χ2n) is 5.02. The molecule has 1 aromatic rings. The number of nitrogens with two attached hydrogens (primary N) is 1. The Kier molecular flexibility index (Phi) is 11.1. The molecule has 0 saturated heterocycles. The van der Waals surface area contributed by atoms with Crippen molar-refractivity contribution < 1.29 is 9.53 Å². The lowest BCUT2D eigenvalue weighted by molar-refractivity contribution is -0.128. The Morgan fingerprint density at radius 1 is 1.36 bits per heavy atom. The summed E-state index contributed by atoms with van der Waals surface area (Å²) in [6.45, 7) is 4.34. The van der Waals surface area contributed by atoms with Crippen molar-refractivity contribution in [2.75, 3.05) is 12.8 Å². The van der Waals surface area contributed by atoms with Crippen LogP contribution in [0.3, 0.4) is 0 Å². The number of hydrogen-bond donors (Lipinski definition) is 2. The minimum absolute atomic E-state index is 0. The fraction of sp³-hybridized carbons (Fsp3) is 0.562. The SMILES string of the molecule is CCCCC(CN)NC(=O)C(C)Oc1ccc(SC)cc1.Cl. The summed E-state index contributed by atoms with van der Waals surface area (Å²) in [5, 5.41) is 2.95. The first kappa shape index (κ1) is 21.1. The molecule has 0 heterocycles. The third-order valence-corrected chi connectivity index (χ3v) is 4.02. The molecule has 6 heteroatoms. The Morgan fingerprint density at radius 3 is 2.50 bits per heavy atom. The van der Waals surface area contributed by atoms with Crippen LogP contribution in [0.5, 0.6) is 5.75 Å². The number of carbonyl (C=O) groups excluding carboxylic acids is 1. The maximum Gasteiger partial charge on any atom is 0.261 e. The van der Waals surface area contributed by atoms with E-state index in [-0.39, 0.29) is 24.4 Å². The van der Waals surface area contributed by atoms with Crippen LogP contribution in [-0.4, -0.2) is 30.9 Å². The van der Waals surface area contributed by atoms with Gasteiger partial charge in [-0.1, -0.05) is 19.8 Å². The molecule has 3 N–H and O–H groups in total. The monoisotopic (exact) mass is 346 g/mol. The van der Waals surface area contributed by atoms with E-state index in [2.05, 4.69) is 12.2 Å². The van der Waals surface area contributed by atoms with Gasteiger partial charge in [0.05, 0.1) is 0 Å². The zero-order valence-electron chi connectivity index (χ0n) is 13.5. The van der Waals surface area contributed by atoms with Crippen LogP contribution >= 0.6 is 24.2 Å². The molecule has 126 valence electrons. The molecule has 0 spiro atoms. The summed E-state index contributed by atoms with van der Waals surface area (Å²) >= 11 is 1.67. The first-order chi connectivity index (χ1) is 10.1. The summed E-state index contributed by atoms with van der Waals surface area (Å²) in [6, 6.07) is 7.76. The van der Waals surface area contributed by atoms with Gasteiger partial charge in [-0.05, 0) is 43.9 Å². The maximum atomic E-state index is 12.1. The molecule has 0 saturated carbocycles. The van der Waals surface area contributed by atoms with Crippen molar-refractivity contribution in [1.82, 2.24) is 5.32 Å². The van der Waals surface area contributed by atoms with Crippen molar-refractivity contribution in [3.8, 4) is 5.75 Å². The number of thioether (sulfide) groups is 1. The Hall–Kier alpha value is -0.910. The number of unbranched alkanes of at least 4 members (excludes halogenated alkanes) is 1. The average molecular weight is 347 g/mol. The van der Waals surface area contributed by atoms with Crippen LogP contribution in [0.25, 0.3) is 0 Å². The Balaban J connectivity index is 0.00000441. The van der Waals surface area contributed by atoms with Crippen LogP contribution in [0.2, 0.25) is 0 Å². The Bertz CT molecular complexity index is 429. The topological polar surface area (TPSA) is 64.3 Å². The quantitative estimate of drug-likeness (QED) is 0.674. The number of rotatable bonds is 9. The molecule has 0 fully saturated rings. The number of ether oxygens (including phenoxy) is 1. The third kappa shape index (κ3) is 7.38. The molecule has 0 aliphatic rings. The summed E-state index contributed by atoms with van der Waals surface area (Å²) < 4.78 is 5.66.